The summed E-state index contributed by atoms with van der Waals surface area (Å²) in [7, 11) is 0. The van der Waals surface area contributed by atoms with E-state index in [0.29, 0.717) is 0 Å². The number of rotatable bonds is 6. The fraction of sp³-hybridized carbons (Fsp3) is 0.133. The summed E-state index contributed by atoms with van der Waals surface area (Å²) in [6.07, 6.45) is 8.86. The molecule has 8 aromatic carbocycles. The van der Waals surface area contributed by atoms with Crippen LogP contribution in [0.4, 0.5) is 17.1 Å². The molecule has 1 heterocycles. The quantitative estimate of drug-likeness (QED) is 0.167. The normalized spacial score (nSPS) is 15.3. The summed E-state index contributed by atoms with van der Waals surface area (Å²) in [6.45, 7) is 9.66. The highest BCUT2D eigenvalue weighted by Gasteiger charge is 2.44. The maximum atomic E-state index is 6.51. The lowest BCUT2D eigenvalue weighted by atomic mass is 9.78. The highest BCUT2D eigenvalue weighted by atomic mass is 16.3. The van der Waals surface area contributed by atoms with Crippen molar-refractivity contribution in [1.82, 2.24) is 0 Å². The highest BCUT2D eigenvalue weighted by molar-refractivity contribution is 6.09. The van der Waals surface area contributed by atoms with E-state index in [9.17, 15) is 0 Å². The van der Waals surface area contributed by atoms with Crippen LogP contribution < -0.4 is 4.90 Å². The second kappa shape index (κ2) is 13.7. The summed E-state index contributed by atoms with van der Waals surface area (Å²) in [5.41, 5.74) is 23.2. The monoisotopic (exact) mass is 797 g/mol. The molecule has 2 nitrogen and oxygen atoms in total. The number of para-hydroxylation sites is 2. The van der Waals surface area contributed by atoms with Gasteiger partial charge in [0.1, 0.15) is 11.2 Å². The molecule has 0 spiro atoms. The molecule has 2 heteroatoms. The molecule has 3 aliphatic rings. The molecule has 9 aromatic rings. The molecule has 3 aliphatic carbocycles. The molecule has 0 aliphatic heterocycles. The third kappa shape index (κ3) is 5.42. The van der Waals surface area contributed by atoms with Gasteiger partial charge in [-0.25, -0.2) is 0 Å². The first-order valence-corrected chi connectivity index (χ1v) is 22.1. The Bertz CT molecular complexity index is 3320. The Kier molecular flexibility index (Phi) is 8.09. The highest BCUT2D eigenvalue weighted by Crippen LogP contribution is 2.60. The van der Waals surface area contributed by atoms with E-state index >= 15 is 0 Å². The van der Waals surface area contributed by atoms with Gasteiger partial charge in [-0.05, 0) is 134 Å². The second-order valence-electron chi connectivity index (χ2n) is 18.4. The van der Waals surface area contributed by atoms with Crippen molar-refractivity contribution in [3.05, 3.63) is 216 Å². The van der Waals surface area contributed by atoms with Crippen LogP contribution in [-0.2, 0) is 10.8 Å². The van der Waals surface area contributed by atoms with E-state index in [1.807, 2.05) is 6.07 Å². The fourth-order valence-corrected chi connectivity index (χ4v) is 11.0. The summed E-state index contributed by atoms with van der Waals surface area (Å²) in [5, 5.41) is 2.28. The van der Waals surface area contributed by atoms with Crippen molar-refractivity contribution in [2.24, 2.45) is 0 Å². The molecule has 0 unspecified atom stereocenters. The molecule has 0 saturated heterocycles. The van der Waals surface area contributed by atoms with Crippen LogP contribution in [0.5, 0.6) is 0 Å². The van der Waals surface area contributed by atoms with Crippen molar-refractivity contribution in [3.63, 3.8) is 0 Å². The van der Waals surface area contributed by atoms with Crippen molar-refractivity contribution in [3.8, 4) is 44.5 Å². The number of furan rings is 1. The van der Waals surface area contributed by atoms with E-state index in [-0.39, 0.29) is 10.8 Å². The Balaban J connectivity index is 1.07. The average Bonchev–Trinajstić information content (AvgIpc) is 3.89. The number of anilines is 3. The number of hydrogen-bond acceptors (Lipinski definition) is 2. The molecule has 12 rings (SSSR count). The molecule has 0 atom stereocenters. The predicted octanol–water partition coefficient (Wildman–Crippen LogP) is 16.7. The van der Waals surface area contributed by atoms with Crippen LogP contribution in [0.1, 0.15) is 68.4 Å². The van der Waals surface area contributed by atoms with Gasteiger partial charge >= 0.3 is 0 Å². The molecule has 0 bridgehead atoms. The van der Waals surface area contributed by atoms with Crippen LogP contribution in [-0.4, -0.2) is 0 Å². The van der Waals surface area contributed by atoms with Gasteiger partial charge in [-0.15, -0.1) is 0 Å². The van der Waals surface area contributed by atoms with Gasteiger partial charge in [-0.3, -0.25) is 0 Å². The smallest absolute Gasteiger partial charge is 0.143 e. The van der Waals surface area contributed by atoms with E-state index in [1.54, 1.807) is 0 Å². The van der Waals surface area contributed by atoms with Crippen LogP contribution in [0.25, 0.3) is 72.0 Å². The van der Waals surface area contributed by atoms with Gasteiger partial charge in [0, 0.05) is 38.5 Å². The summed E-state index contributed by atoms with van der Waals surface area (Å²) < 4.78 is 6.51. The first-order chi connectivity index (χ1) is 30.3. The van der Waals surface area contributed by atoms with Gasteiger partial charge in [-0.2, -0.15) is 0 Å². The molecule has 0 radical (unpaired) electrons. The predicted molar refractivity (Wildman–Crippen MR) is 261 cm³/mol. The Morgan fingerprint density at radius 3 is 1.90 bits per heavy atom. The zero-order valence-corrected chi connectivity index (χ0v) is 35.7. The molecule has 62 heavy (non-hydrogen) atoms. The van der Waals surface area contributed by atoms with Crippen LogP contribution in [0.2, 0.25) is 0 Å². The molecule has 1 aromatic heterocycles. The molecule has 0 saturated carbocycles. The summed E-state index contributed by atoms with van der Waals surface area (Å²) in [4.78, 5) is 2.50. The first kappa shape index (κ1) is 36.7. The van der Waals surface area contributed by atoms with Gasteiger partial charge in [0.15, 0.2) is 0 Å². The lowest BCUT2D eigenvalue weighted by Gasteiger charge is -2.33. The van der Waals surface area contributed by atoms with Crippen LogP contribution >= 0.6 is 0 Å². The van der Waals surface area contributed by atoms with Gasteiger partial charge in [-0.1, -0.05) is 167 Å². The second-order valence-corrected chi connectivity index (χ2v) is 18.4. The van der Waals surface area contributed by atoms with Crippen molar-refractivity contribution < 1.29 is 4.42 Å². The van der Waals surface area contributed by atoms with Crippen LogP contribution in [0.15, 0.2) is 193 Å². The Morgan fingerprint density at radius 1 is 0.484 bits per heavy atom. The first-order valence-electron chi connectivity index (χ1n) is 22.1. The number of nitrogens with zero attached hydrogens (tertiary/aromatic N) is 1. The number of benzene rings is 8. The lowest BCUT2D eigenvalue weighted by molar-refractivity contribution is 0.652. The number of fused-ring (bicyclic) bond motifs is 9. The van der Waals surface area contributed by atoms with E-state index in [1.165, 1.54) is 72.5 Å². The van der Waals surface area contributed by atoms with Crippen molar-refractivity contribution in [2.75, 3.05) is 4.90 Å². The van der Waals surface area contributed by atoms with E-state index < -0.39 is 0 Å². The van der Waals surface area contributed by atoms with Crippen molar-refractivity contribution in [1.29, 1.82) is 0 Å². The van der Waals surface area contributed by atoms with E-state index in [4.69, 9.17) is 4.42 Å². The van der Waals surface area contributed by atoms with E-state index in [2.05, 4.69) is 215 Å². The molecule has 298 valence electrons. The molecular formula is C60H47NO. The van der Waals surface area contributed by atoms with Crippen molar-refractivity contribution >= 4 is 44.6 Å². The van der Waals surface area contributed by atoms with Gasteiger partial charge in [0.05, 0.1) is 5.69 Å². The third-order valence-corrected chi connectivity index (χ3v) is 14.1. The minimum absolute atomic E-state index is 0.107. The standard InChI is InChI=1S/C60H47NO/c1-59(2)51-24-13-11-20-46(51)49-36-53-50(37-52(49)59)56-44(40-18-9-6-10-19-40)34-35-54(57(56)60(53,3)4)61(42-30-26-39(27-31-42)38-16-7-5-8-17-38)43-32-28-41(29-33-43)45-22-15-23-48-47-21-12-14-25-55(47)62-58(45)48/h5-7,9-16,18-37H,8,17H2,1-4H3. The van der Waals surface area contributed by atoms with Crippen LogP contribution in [0.3, 0.4) is 0 Å². The summed E-state index contributed by atoms with van der Waals surface area (Å²) in [5.74, 6) is 0. The zero-order valence-electron chi connectivity index (χ0n) is 35.7. The third-order valence-electron chi connectivity index (χ3n) is 14.1. The maximum absolute atomic E-state index is 6.51. The fourth-order valence-electron chi connectivity index (χ4n) is 11.0. The number of hydrogen-bond donors (Lipinski definition) is 0. The largest absolute Gasteiger partial charge is 0.455 e. The van der Waals surface area contributed by atoms with Crippen molar-refractivity contribution in [2.45, 2.75) is 51.4 Å². The number of allylic oxidation sites excluding steroid dienone is 4. The Hall–Kier alpha value is -7.16. The average molecular weight is 798 g/mol. The Morgan fingerprint density at radius 2 is 1.13 bits per heavy atom. The zero-order chi connectivity index (χ0) is 41.7. The van der Waals surface area contributed by atoms with Gasteiger partial charge in [0.25, 0.3) is 0 Å². The lowest BCUT2D eigenvalue weighted by Crippen LogP contribution is -2.21. The SMILES string of the molecule is CC1(C)c2ccccc2-c2cc3c(cc21)-c1c(-c2ccccc2)ccc(N(c2ccc(C4=CC=CCC4)cc2)c2ccc(-c4cccc5c4oc4ccccc45)cc2)c1C3(C)C. The molecule has 0 amide bonds. The van der Waals surface area contributed by atoms with Gasteiger partial charge < -0.3 is 9.32 Å². The molecule has 0 fully saturated rings. The summed E-state index contributed by atoms with van der Waals surface area (Å²) >= 11 is 0. The molecular weight excluding hydrogens is 751 g/mol. The topological polar surface area (TPSA) is 16.4 Å². The Labute approximate surface area is 364 Å². The minimum atomic E-state index is -0.310. The maximum Gasteiger partial charge on any atom is 0.143 e. The molecule has 0 N–H and O–H groups in total. The summed E-state index contributed by atoms with van der Waals surface area (Å²) in [6, 6.07) is 63.0. The van der Waals surface area contributed by atoms with Crippen LogP contribution in [0, 0.1) is 0 Å². The minimum Gasteiger partial charge on any atom is -0.455 e. The van der Waals surface area contributed by atoms with Gasteiger partial charge in [0.2, 0.25) is 0 Å². The van der Waals surface area contributed by atoms with E-state index in [0.717, 1.165) is 57.3 Å².